The van der Waals surface area contributed by atoms with Crippen molar-refractivity contribution in [3.63, 3.8) is 0 Å². The third-order valence-electron chi connectivity index (χ3n) is 3.51. The number of hydrogen-bond donors (Lipinski definition) is 0. The summed E-state index contributed by atoms with van der Waals surface area (Å²) in [6.45, 7) is 4.16. The molecule has 0 N–H and O–H groups in total. The largest absolute Gasteiger partial charge is 0.303 e. The predicted molar refractivity (Wildman–Crippen MR) is 62.1 cm³/mol. The molecular weight excluding hydrogens is 184 g/mol. The summed E-state index contributed by atoms with van der Waals surface area (Å²) in [4.78, 5) is 10.9. The number of benzene rings is 1. The molecule has 2 atom stereocenters. The van der Waals surface area contributed by atoms with Gasteiger partial charge in [0, 0.05) is 5.92 Å². The first-order chi connectivity index (χ1) is 7.22. The number of fused-ring (bicyclic) bond motifs is 1. The molecule has 2 rings (SSSR count). The average molecular weight is 202 g/mol. The van der Waals surface area contributed by atoms with E-state index in [-0.39, 0.29) is 5.92 Å². The smallest absolute Gasteiger partial charge is 0.123 e. The molecule has 0 amide bonds. The quantitative estimate of drug-likeness (QED) is 0.673. The Morgan fingerprint density at radius 2 is 2.27 bits per heavy atom. The van der Waals surface area contributed by atoms with Crippen LogP contribution in [0.3, 0.4) is 0 Å². The van der Waals surface area contributed by atoms with Crippen molar-refractivity contribution in [3.8, 4) is 0 Å². The van der Waals surface area contributed by atoms with Gasteiger partial charge in [0.2, 0.25) is 0 Å². The molecule has 0 heterocycles. The maximum atomic E-state index is 10.9. The van der Waals surface area contributed by atoms with Gasteiger partial charge in [-0.3, -0.25) is 0 Å². The molecule has 0 saturated heterocycles. The van der Waals surface area contributed by atoms with Crippen molar-refractivity contribution in [1.82, 2.24) is 0 Å². The van der Waals surface area contributed by atoms with Gasteiger partial charge in [-0.2, -0.15) is 0 Å². The van der Waals surface area contributed by atoms with E-state index in [1.165, 1.54) is 29.5 Å². The lowest BCUT2D eigenvalue weighted by molar-refractivity contribution is -0.111. The lowest BCUT2D eigenvalue weighted by atomic mass is 9.76. The van der Waals surface area contributed by atoms with Crippen molar-refractivity contribution in [3.05, 3.63) is 34.9 Å². The Balaban J connectivity index is 2.40. The number of rotatable bonds is 2. The highest BCUT2D eigenvalue weighted by atomic mass is 16.1. The van der Waals surface area contributed by atoms with Crippen molar-refractivity contribution >= 4 is 6.29 Å². The third kappa shape index (κ3) is 1.97. The Kier molecular flexibility index (Phi) is 2.90. The Bertz CT molecular complexity index is 368. The van der Waals surface area contributed by atoms with E-state index in [1.807, 2.05) is 6.92 Å². The highest BCUT2D eigenvalue weighted by molar-refractivity contribution is 5.56. The summed E-state index contributed by atoms with van der Waals surface area (Å²) >= 11 is 0. The second-order valence-electron chi connectivity index (χ2n) is 4.70. The van der Waals surface area contributed by atoms with Crippen LogP contribution in [0, 0.1) is 12.8 Å². The van der Waals surface area contributed by atoms with Crippen LogP contribution in [0.5, 0.6) is 0 Å². The molecule has 0 fully saturated rings. The monoisotopic (exact) mass is 202 g/mol. The van der Waals surface area contributed by atoms with Gasteiger partial charge in [-0.25, -0.2) is 0 Å². The molecule has 0 aromatic heterocycles. The Morgan fingerprint density at radius 1 is 1.47 bits per heavy atom. The summed E-state index contributed by atoms with van der Waals surface area (Å²) in [5.74, 6) is 0.608. The fourth-order valence-corrected chi connectivity index (χ4v) is 2.60. The molecule has 1 heteroatoms. The van der Waals surface area contributed by atoms with Crippen molar-refractivity contribution in [1.29, 1.82) is 0 Å². The van der Waals surface area contributed by atoms with Crippen molar-refractivity contribution < 1.29 is 4.79 Å². The molecular formula is C14H18O. The van der Waals surface area contributed by atoms with Crippen LogP contribution in [0.1, 0.15) is 42.4 Å². The van der Waals surface area contributed by atoms with Gasteiger partial charge in [0.25, 0.3) is 0 Å². The Labute approximate surface area is 91.5 Å². The summed E-state index contributed by atoms with van der Waals surface area (Å²) < 4.78 is 0. The average Bonchev–Trinajstić information content (AvgIpc) is 2.27. The molecule has 1 aromatic carbocycles. The molecule has 0 radical (unpaired) electrons. The topological polar surface area (TPSA) is 17.1 Å². The van der Waals surface area contributed by atoms with Crippen LogP contribution in [-0.2, 0) is 11.2 Å². The van der Waals surface area contributed by atoms with Gasteiger partial charge >= 0.3 is 0 Å². The maximum Gasteiger partial charge on any atom is 0.123 e. The van der Waals surface area contributed by atoms with Crippen molar-refractivity contribution in [2.45, 2.75) is 39.0 Å². The molecule has 2 unspecified atom stereocenters. The summed E-state index contributed by atoms with van der Waals surface area (Å²) in [5, 5.41) is 0. The summed E-state index contributed by atoms with van der Waals surface area (Å²) in [5.41, 5.74) is 4.17. The first-order valence-electron chi connectivity index (χ1n) is 5.77. The number of aldehydes is 1. The molecule has 15 heavy (non-hydrogen) atoms. The van der Waals surface area contributed by atoms with Gasteiger partial charge in [0.15, 0.2) is 0 Å². The van der Waals surface area contributed by atoms with Gasteiger partial charge in [-0.05, 0) is 43.2 Å². The van der Waals surface area contributed by atoms with Crippen molar-refractivity contribution in [2.75, 3.05) is 0 Å². The maximum absolute atomic E-state index is 10.9. The van der Waals surface area contributed by atoms with Crippen LogP contribution in [0.25, 0.3) is 0 Å². The SMILES string of the molecule is Cc1ccc2c(c1)C(C(C)C=O)CCC2. The van der Waals surface area contributed by atoms with Crippen molar-refractivity contribution in [2.24, 2.45) is 5.92 Å². The third-order valence-corrected chi connectivity index (χ3v) is 3.51. The van der Waals surface area contributed by atoms with Gasteiger partial charge in [0.05, 0.1) is 0 Å². The molecule has 80 valence electrons. The van der Waals surface area contributed by atoms with E-state index in [0.29, 0.717) is 5.92 Å². The van der Waals surface area contributed by atoms with Crippen LogP contribution >= 0.6 is 0 Å². The fourth-order valence-electron chi connectivity index (χ4n) is 2.60. The lowest BCUT2D eigenvalue weighted by Crippen LogP contribution is -2.17. The van der Waals surface area contributed by atoms with Crippen LogP contribution < -0.4 is 0 Å². The van der Waals surface area contributed by atoms with Gasteiger partial charge < -0.3 is 4.79 Å². The first kappa shape index (κ1) is 10.4. The Hall–Kier alpha value is -1.11. The van der Waals surface area contributed by atoms with E-state index in [0.717, 1.165) is 12.7 Å². The zero-order valence-corrected chi connectivity index (χ0v) is 9.49. The van der Waals surface area contributed by atoms with Crippen LogP contribution in [-0.4, -0.2) is 6.29 Å². The van der Waals surface area contributed by atoms with E-state index < -0.39 is 0 Å². The summed E-state index contributed by atoms with van der Waals surface area (Å²) in [6.07, 6.45) is 4.66. The van der Waals surface area contributed by atoms with E-state index in [2.05, 4.69) is 25.1 Å². The predicted octanol–water partition coefficient (Wildman–Crippen LogP) is 3.25. The van der Waals surface area contributed by atoms with Crippen LogP contribution in [0.4, 0.5) is 0 Å². The number of carbonyl (C=O) groups is 1. The molecule has 0 saturated carbocycles. The molecule has 0 bridgehead atoms. The molecule has 1 aliphatic rings. The highest BCUT2D eigenvalue weighted by Crippen LogP contribution is 2.36. The first-order valence-corrected chi connectivity index (χ1v) is 5.77. The van der Waals surface area contributed by atoms with E-state index in [1.54, 1.807) is 0 Å². The Morgan fingerprint density at radius 3 is 3.00 bits per heavy atom. The zero-order valence-electron chi connectivity index (χ0n) is 9.49. The summed E-state index contributed by atoms with van der Waals surface area (Å²) in [6, 6.07) is 6.67. The van der Waals surface area contributed by atoms with Gasteiger partial charge in [-0.1, -0.05) is 30.7 Å². The molecule has 1 nitrogen and oxygen atoms in total. The van der Waals surface area contributed by atoms with E-state index in [4.69, 9.17) is 0 Å². The van der Waals surface area contributed by atoms with Crippen LogP contribution in [0.2, 0.25) is 0 Å². The minimum Gasteiger partial charge on any atom is -0.303 e. The van der Waals surface area contributed by atoms with Gasteiger partial charge in [0.1, 0.15) is 6.29 Å². The minimum absolute atomic E-state index is 0.158. The molecule has 1 aliphatic carbocycles. The number of aryl methyl sites for hydroxylation is 2. The highest BCUT2D eigenvalue weighted by Gasteiger charge is 2.24. The molecule has 0 spiro atoms. The minimum atomic E-state index is 0.158. The van der Waals surface area contributed by atoms with Crippen LogP contribution in [0.15, 0.2) is 18.2 Å². The summed E-state index contributed by atoms with van der Waals surface area (Å²) in [7, 11) is 0. The standard InChI is InChI=1S/C14H18O/c1-10-6-7-12-4-3-5-13(11(2)9-15)14(12)8-10/h6-9,11,13H,3-5H2,1-2H3. The van der Waals surface area contributed by atoms with E-state index >= 15 is 0 Å². The normalized spacial score (nSPS) is 21.9. The lowest BCUT2D eigenvalue weighted by Gasteiger charge is -2.28. The number of carbonyl (C=O) groups excluding carboxylic acids is 1. The zero-order chi connectivity index (χ0) is 10.8. The fraction of sp³-hybridized carbons (Fsp3) is 0.500. The van der Waals surface area contributed by atoms with Gasteiger partial charge in [-0.15, -0.1) is 0 Å². The number of hydrogen-bond acceptors (Lipinski definition) is 1. The second-order valence-corrected chi connectivity index (χ2v) is 4.70. The van der Waals surface area contributed by atoms with E-state index in [9.17, 15) is 4.79 Å². The molecule has 1 aromatic rings. The second kappa shape index (κ2) is 4.18. The molecule has 0 aliphatic heterocycles.